The molecule has 1 N–H and O–H groups in total. The number of nitrogens with one attached hydrogen (secondary N) is 1. The van der Waals surface area contributed by atoms with Crippen LogP contribution in [0.25, 0.3) is 0 Å². The third kappa shape index (κ3) is 4.79. The van der Waals surface area contributed by atoms with Crippen LogP contribution in [0.15, 0.2) is 48.7 Å². The van der Waals surface area contributed by atoms with Gasteiger partial charge in [-0.3, -0.25) is 4.98 Å². The third-order valence-corrected chi connectivity index (χ3v) is 4.68. The molecular weight excluding hydrogens is 298 g/mol. The van der Waals surface area contributed by atoms with Crippen molar-refractivity contribution in [3.63, 3.8) is 0 Å². The van der Waals surface area contributed by atoms with Gasteiger partial charge in [-0.25, -0.2) is 0 Å². The summed E-state index contributed by atoms with van der Waals surface area (Å²) in [5.74, 6) is 0.898. The van der Waals surface area contributed by atoms with Gasteiger partial charge in [0.05, 0.1) is 5.69 Å². The molecule has 1 aliphatic heterocycles. The molecule has 1 aromatic carbocycles. The molecule has 4 heteroatoms. The average molecular weight is 325 g/mol. The Morgan fingerprint density at radius 3 is 2.79 bits per heavy atom. The molecule has 1 atom stereocenters. The largest absolute Gasteiger partial charge is 0.487 e. The van der Waals surface area contributed by atoms with Crippen molar-refractivity contribution < 1.29 is 4.74 Å². The molecule has 0 aliphatic carbocycles. The topological polar surface area (TPSA) is 37.4 Å². The van der Waals surface area contributed by atoms with E-state index in [1.54, 1.807) is 6.20 Å². The molecule has 3 rings (SSSR count). The van der Waals surface area contributed by atoms with Gasteiger partial charge in [-0.05, 0) is 69.7 Å². The Morgan fingerprint density at radius 1 is 1.21 bits per heavy atom. The lowest BCUT2D eigenvalue weighted by atomic mass is 10.0. The first-order valence-electron chi connectivity index (χ1n) is 8.78. The van der Waals surface area contributed by atoms with E-state index in [0.29, 0.717) is 18.7 Å². The van der Waals surface area contributed by atoms with Crippen LogP contribution in [0.5, 0.6) is 5.75 Å². The van der Waals surface area contributed by atoms with Gasteiger partial charge in [0.2, 0.25) is 0 Å². The molecule has 128 valence electrons. The highest BCUT2D eigenvalue weighted by molar-refractivity contribution is 5.30. The summed E-state index contributed by atoms with van der Waals surface area (Å²) in [6.45, 7) is 5.09. The Bertz CT molecular complexity index is 624. The second-order valence-corrected chi connectivity index (χ2v) is 6.65. The summed E-state index contributed by atoms with van der Waals surface area (Å²) in [5, 5.41) is 3.76. The third-order valence-electron chi connectivity index (χ3n) is 4.68. The predicted octanol–water partition coefficient (Wildman–Crippen LogP) is 3.41. The average Bonchev–Trinajstić information content (AvgIpc) is 2.63. The second kappa shape index (κ2) is 8.27. The Morgan fingerprint density at radius 2 is 2.04 bits per heavy atom. The van der Waals surface area contributed by atoms with Crippen LogP contribution in [-0.2, 0) is 6.61 Å². The molecule has 1 saturated heterocycles. The Kier molecular flexibility index (Phi) is 5.83. The van der Waals surface area contributed by atoms with Crippen LogP contribution in [0.1, 0.15) is 37.1 Å². The van der Waals surface area contributed by atoms with Crippen molar-refractivity contribution in [1.29, 1.82) is 0 Å². The van der Waals surface area contributed by atoms with Crippen molar-refractivity contribution in [3.05, 3.63) is 59.9 Å². The van der Waals surface area contributed by atoms with E-state index in [0.717, 1.165) is 11.4 Å². The standard InChI is InChI=1S/C20H27N3O/c1-16(22-18-9-12-23(2)13-10-18)17-6-5-8-20(14-17)24-15-19-7-3-4-11-21-19/h3-8,11,14,16,18,22H,9-10,12-13,15H2,1-2H3. The predicted molar refractivity (Wildman–Crippen MR) is 97.1 cm³/mol. The molecular formula is C20H27N3O. The van der Waals surface area contributed by atoms with Crippen molar-refractivity contribution in [3.8, 4) is 5.75 Å². The SMILES string of the molecule is CC(NC1CCN(C)CC1)c1cccc(OCc2ccccn2)c1. The van der Waals surface area contributed by atoms with Gasteiger partial charge in [0, 0.05) is 18.3 Å². The van der Waals surface area contributed by atoms with E-state index in [9.17, 15) is 0 Å². The maximum absolute atomic E-state index is 5.89. The molecule has 4 nitrogen and oxygen atoms in total. The number of aromatic nitrogens is 1. The lowest BCUT2D eigenvalue weighted by Gasteiger charge is -2.31. The summed E-state index contributed by atoms with van der Waals surface area (Å²) in [6.07, 6.45) is 4.23. The summed E-state index contributed by atoms with van der Waals surface area (Å²) in [5.41, 5.74) is 2.22. The normalized spacial score (nSPS) is 17.6. The van der Waals surface area contributed by atoms with Crippen LogP contribution >= 0.6 is 0 Å². The van der Waals surface area contributed by atoms with Crippen molar-refractivity contribution in [2.45, 2.75) is 38.5 Å². The fourth-order valence-corrected chi connectivity index (χ4v) is 3.14. The fourth-order valence-electron chi connectivity index (χ4n) is 3.14. The monoisotopic (exact) mass is 325 g/mol. The maximum atomic E-state index is 5.89. The molecule has 0 bridgehead atoms. The van der Waals surface area contributed by atoms with E-state index >= 15 is 0 Å². The highest BCUT2D eigenvalue weighted by atomic mass is 16.5. The van der Waals surface area contributed by atoms with Crippen LogP contribution in [0.4, 0.5) is 0 Å². The zero-order valence-corrected chi connectivity index (χ0v) is 14.6. The van der Waals surface area contributed by atoms with Gasteiger partial charge >= 0.3 is 0 Å². The Balaban J connectivity index is 1.56. The lowest BCUT2D eigenvalue weighted by molar-refractivity contribution is 0.226. The van der Waals surface area contributed by atoms with Gasteiger partial charge in [-0.1, -0.05) is 18.2 Å². The number of ether oxygens (including phenoxy) is 1. The quantitative estimate of drug-likeness (QED) is 0.883. The number of likely N-dealkylation sites (tertiary alicyclic amines) is 1. The Labute approximate surface area is 144 Å². The number of rotatable bonds is 6. The summed E-state index contributed by atoms with van der Waals surface area (Å²) < 4.78 is 5.89. The molecule has 0 saturated carbocycles. The molecule has 0 radical (unpaired) electrons. The van der Waals surface area contributed by atoms with Gasteiger partial charge in [0.25, 0.3) is 0 Å². The molecule has 2 aromatic rings. The zero-order chi connectivity index (χ0) is 16.8. The van der Waals surface area contributed by atoms with Crippen molar-refractivity contribution in [1.82, 2.24) is 15.2 Å². The molecule has 1 aliphatic rings. The van der Waals surface area contributed by atoms with E-state index in [1.165, 1.54) is 31.5 Å². The van der Waals surface area contributed by atoms with Gasteiger partial charge in [-0.2, -0.15) is 0 Å². The fraction of sp³-hybridized carbons (Fsp3) is 0.450. The van der Waals surface area contributed by atoms with Crippen LogP contribution in [-0.4, -0.2) is 36.1 Å². The minimum Gasteiger partial charge on any atom is -0.487 e. The molecule has 0 amide bonds. The first kappa shape index (κ1) is 16.9. The highest BCUT2D eigenvalue weighted by Gasteiger charge is 2.18. The number of piperidine rings is 1. The maximum Gasteiger partial charge on any atom is 0.130 e. The van der Waals surface area contributed by atoms with Crippen LogP contribution < -0.4 is 10.1 Å². The van der Waals surface area contributed by atoms with Gasteiger partial charge < -0.3 is 15.0 Å². The van der Waals surface area contributed by atoms with E-state index in [1.807, 2.05) is 24.3 Å². The number of hydrogen-bond donors (Lipinski definition) is 1. The van der Waals surface area contributed by atoms with E-state index in [4.69, 9.17) is 4.74 Å². The summed E-state index contributed by atoms with van der Waals surface area (Å²) in [7, 11) is 2.20. The first-order chi connectivity index (χ1) is 11.7. The van der Waals surface area contributed by atoms with E-state index in [-0.39, 0.29) is 0 Å². The van der Waals surface area contributed by atoms with E-state index in [2.05, 4.69) is 47.4 Å². The number of pyridine rings is 1. The highest BCUT2D eigenvalue weighted by Crippen LogP contribution is 2.21. The smallest absolute Gasteiger partial charge is 0.130 e. The molecule has 1 fully saturated rings. The zero-order valence-electron chi connectivity index (χ0n) is 14.6. The van der Waals surface area contributed by atoms with Crippen molar-refractivity contribution in [2.24, 2.45) is 0 Å². The van der Waals surface area contributed by atoms with Crippen LogP contribution in [0.2, 0.25) is 0 Å². The molecule has 1 aromatic heterocycles. The molecule has 2 heterocycles. The molecule has 0 spiro atoms. The van der Waals surface area contributed by atoms with Gasteiger partial charge in [0.1, 0.15) is 12.4 Å². The van der Waals surface area contributed by atoms with Crippen molar-refractivity contribution in [2.75, 3.05) is 20.1 Å². The molecule has 1 unspecified atom stereocenters. The minimum atomic E-state index is 0.330. The van der Waals surface area contributed by atoms with Gasteiger partial charge in [0.15, 0.2) is 0 Å². The molecule has 24 heavy (non-hydrogen) atoms. The number of benzene rings is 1. The van der Waals surface area contributed by atoms with Crippen LogP contribution in [0.3, 0.4) is 0 Å². The van der Waals surface area contributed by atoms with E-state index < -0.39 is 0 Å². The van der Waals surface area contributed by atoms with Crippen LogP contribution in [0, 0.1) is 0 Å². The van der Waals surface area contributed by atoms with Crippen molar-refractivity contribution >= 4 is 0 Å². The minimum absolute atomic E-state index is 0.330. The lowest BCUT2D eigenvalue weighted by Crippen LogP contribution is -2.41. The summed E-state index contributed by atoms with van der Waals surface area (Å²) in [4.78, 5) is 6.69. The summed E-state index contributed by atoms with van der Waals surface area (Å²) in [6, 6.07) is 15.2. The first-order valence-corrected chi connectivity index (χ1v) is 8.78. The number of nitrogens with zero attached hydrogens (tertiary/aromatic N) is 2. The number of hydrogen-bond acceptors (Lipinski definition) is 4. The van der Waals surface area contributed by atoms with Gasteiger partial charge in [-0.15, -0.1) is 0 Å². The Hall–Kier alpha value is -1.91. The second-order valence-electron chi connectivity index (χ2n) is 6.65. The summed E-state index contributed by atoms with van der Waals surface area (Å²) >= 11 is 0.